The third kappa shape index (κ3) is 2.66. The molecule has 3 rings (SSSR count). The van der Waals surface area contributed by atoms with Crippen molar-refractivity contribution in [3.05, 3.63) is 53.9 Å². The van der Waals surface area contributed by atoms with E-state index in [0.717, 1.165) is 16.9 Å². The molecule has 19 heavy (non-hydrogen) atoms. The van der Waals surface area contributed by atoms with Crippen molar-refractivity contribution in [1.29, 1.82) is 0 Å². The SMILES string of the molecule is Cc1cc(C)c2oc(-c3cc[n+](C)cc3)cc2c1.[I-]. The fourth-order valence-corrected chi connectivity index (χ4v) is 2.32. The average molecular weight is 365 g/mol. The molecule has 0 atom stereocenters. The molecule has 0 saturated carbocycles. The zero-order valence-corrected chi connectivity index (χ0v) is 13.4. The molecule has 0 spiro atoms. The van der Waals surface area contributed by atoms with E-state index in [0.29, 0.717) is 0 Å². The van der Waals surface area contributed by atoms with Gasteiger partial charge in [-0.25, -0.2) is 4.57 Å². The van der Waals surface area contributed by atoms with E-state index in [1.54, 1.807) is 0 Å². The Hall–Kier alpha value is -1.36. The Morgan fingerprint density at radius 3 is 2.37 bits per heavy atom. The number of furan rings is 1. The number of hydrogen-bond acceptors (Lipinski definition) is 1. The Labute approximate surface area is 130 Å². The summed E-state index contributed by atoms with van der Waals surface area (Å²) in [5.41, 5.74) is 4.56. The van der Waals surface area contributed by atoms with Gasteiger partial charge in [0, 0.05) is 23.1 Å². The van der Waals surface area contributed by atoms with E-state index < -0.39 is 0 Å². The average Bonchev–Trinajstić information content (AvgIpc) is 2.74. The molecule has 2 heterocycles. The lowest BCUT2D eigenvalue weighted by Gasteiger charge is -1.97. The van der Waals surface area contributed by atoms with Gasteiger partial charge in [0.2, 0.25) is 0 Å². The zero-order chi connectivity index (χ0) is 12.7. The maximum atomic E-state index is 5.97. The summed E-state index contributed by atoms with van der Waals surface area (Å²) in [4.78, 5) is 0. The predicted molar refractivity (Wildman–Crippen MR) is 72.3 cm³/mol. The van der Waals surface area contributed by atoms with Crippen LogP contribution >= 0.6 is 0 Å². The van der Waals surface area contributed by atoms with Crippen LogP contribution in [0.5, 0.6) is 0 Å². The number of nitrogens with zero attached hydrogens (tertiary/aromatic N) is 1. The standard InChI is InChI=1S/C16H16NO.HI/c1-11-8-12(2)16-14(9-11)10-15(18-16)13-4-6-17(3)7-5-13;/h4-10H,1-3H3;1H/q+1;/p-1. The third-order valence-corrected chi connectivity index (χ3v) is 3.21. The summed E-state index contributed by atoms with van der Waals surface area (Å²) in [5.74, 6) is 0.930. The van der Waals surface area contributed by atoms with Crippen LogP contribution in [0.25, 0.3) is 22.3 Å². The van der Waals surface area contributed by atoms with Crippen LogP contribution < -0.4 is 28.5 Å². The van der Waals surface area contributed by atoms with Crippen molar-refractivity contribution in [3.63, 3.8) is 0 Å². The molecule has 0 aliphatic rings. The molecule has 2 aromatic heterocycles. The summed E-state index contributed by atoms with van der Waals surface area (Å²) >= 11 is 0. The number of hydrogen-bond donors (Lipinski definition) is 0. The van der Waals surface area contributed by atoms with Gasteiger partial charge in [0.15, 0.2) is 12.4 Å². The monoisotopic (exact) mass is 365 g/mol. The van der Waals surface area contributed by atoms with E-state index in [1.807, 2.05) is 24.0 Å². The number of fused-ring (bicyclic) bond motifs is 1. The van der Waals surface area contributed by atoms with E-state index in [-0.39, 0.29) is 24.0 Å². The topological polar surface area (TPSA) is 17.0 Å². The van der Waals surface area contributed by atoms with E-state index >= 15 is 0 Å². The highest BCUT2D eigenvalue weighted by Gasteiger charge is 2.09. The van der Waals surface area contributed by atoms with Crippen LogP contribution in [0.2, 0.25) is 0 Å². The van der Waals surface area contributed by atoms with Crippen molar-refractivity contribution in [3.8, 4) is 11.3 Å². The maximum absolute atomic E-state index is 5.97. The zero-order valence-electron chi connectivity index (χ0n) is 11.3. The molecule has 0 amide bonds. The quantitative estimate of drug-likeness (QED) is 0.455. The maximum Gasteiger partial charge on any atom is 0.169 e. The summed E-state index contributed by atoms with van der Waals surface area (Å²) in [6, 6.07) is 10.6. The minimum absolute atomic E-state index is 0. The van der Waals surface area contributed by atoms with E-state index in [1.165, 1.54) is 16.5 Å². The molecule has 0 aliphatic carbocycles. The number of benzene rings is 1. The van der Waals surface area contributed by atoms with Gasteiger partial charge in [-0.05, 0) is 31.5 Å². The lowest BCUT2D eigenvalue weighted by molar-refractivity contribution is -0.671. The molecule has 3 heteroatoms. The van der Waals surface area contributed by atoms with Crippen LogP contribution in [0.3, 0.4) is 0 Å². The molecule has 1 aromatic carbocycles. The predicted octanol–water partition coefficient (Wildman–Crippen LogP) is 0.545. The minimum Gasteiger partial charge on any atom is -1.00 e. The van der Waals surface area contributed by atoms with Crippen molar-refractivity contribution in [2.45, 2.75) is 13.8 Å². The molecule has 98 valence electrons. The molecule has 0 radical (unpaired) electrons. The molecule has 3 aromatic rings. The number of halogens is 1. The van der Waals surface area contributed by atoms with E-state index in [9.17, 15) is 0 Å². The molecule has 0 unspecified atom stereocenters. The second-order valence-corrected chi connectivity index (χ2v) is 4.86. The van der Waals surface area contributed by atoms with Gasteiger partial charge in [-0.1, -0.05) is 11.6 Å². The van der Waals surface area contributed by atoms with Crippen molar-refractivity contribution in [2.75, 3.05) is 0 Å². The molecule has 0 aliphatic heterocycles. The number of aryl methyl sites for hydroxylation is 3. The summed E-state index contributed by atoms with van der Waals surface area (Å²) in [7, 11) is 2.01. The van der Waals surface area contributed by atoms with Crippen LogP contribution in [-0.4, -0.2) is 0 Å². The largest absolute Gasteiger partial charge is 1.00 e. The van der Waals surface area contributed by atoms with Crippen molar-refractivity contribution < 1.29 is 33.0 Å². The Kier molecular flexibility index (Phi) is 3.94. The van der Waals surface area contributed by atoms with Gasteiger partial charge in [0.05, 0.1) is 0 Å². The Balaban J connectivity index is 0.00000133. The highest BCUT2D eigenvalue weighted by molar-refractivity contribution is 5.85. The fraction of sp³-hybridized carbons (Fsp3) is 0.188. The summed E-state index contributed by atoms with van der Waals surface area (Å²) in [5, 5.41) is 1.18. The number of aromatic nitrogens is 1. The van der Waals surface area contributed by atoms with Crippen molar-refractivity contribution in [2.24, 2.45) is 7.05 Å². The normalized spacial score (nSPS) is 10.5. The fourth-order valence-electron chi connectivity index (χ4n) is 2.32. The van der Waals surface area contributed by atoms with Gasteiger partial charge < -0.3 is 28.4 Å². The highest BCUT2D eigenvalue weighted by Crippen LogP contribution is 2.30. The van der Waals surface area contributed by atoms with Gasteiger partial charge in [0.25, 0.3) is 0 Å². The van der Waals surface area contributed by atoms with Gasteiger partial charge in [0.1, 0.15) is 18.4 Å². The van der Waals surface area contributed by atoms with Crippen molar-refractivity contribution in [1.82, 2.24) is 0 Å². The first-order valence-corrected chi connectivity index (χ1v) is 6.10. The second-order valence-electron chi connectivity index (χ2n) is 4.86. The molecule has 0 fully saturated rings. The molecule has 0 bridgehead atoms. The Bertz CT molecular complexity index is 713. The minimum atomic E-state index is 0. The van der Waals surface area contributed by atoms with Gasteiger partial charge >= 0.3 is 0 Å². The van der Waals surface area contributed by atoms with Crippen LogP contribution in [0, 0.1) is 13.8 Å². The first kappa shape index (κ1) is 14.1. The van der Waals surface area contributed by atoms with Gasteiger partial charge in [-0.2, -0.15) is 0 Å². The van der Waals surface area contributed by atoms with E-state index in [2.05, 4.69) is 44.2 Å². The molecular formula is C16H16INO. The molecule has 0 N–H and O–H groups in total. The summed E-state index contributed by atoms with van der Waals surface area (Å²) in [6.45, 7) is 4.20. The first-order chi connectivity index (χ1) is 8.63. The van der Waals surface area contributed by atoms with Gasteiger partial charge in [-0.15, -0.1) is 0 Å². The van der Waals surface area contributed by atoms with Crippen molar-refractivity contribution >= 4 is 11.0 Å². The third-order valence-electron chi connectivity index (χ3n) is 3.21. The number of rotatable bonds is 1. The molecule has 2 nitrogen and oxygen atoms in total. The highest BCUT2D eigenvalue weighted by atomic mass is 127. The summed E-state index contributed by atoms with van der Waals surface area (Å²) in [6.07, 6.45) is 4.06. The summed E-state index contributed by atoms with van der Waals surface area (Å²) < 4.78 is 7.99. The van der Waals surface area contributed by atoms with Crippen LogP contribution in [0.4, 0.5) is 0 Å². The molecule has 0 saturated heterocycles. The number of pyridine rings is 1. The van der Waals surface area contributed by atoms with E-state index in [4.69, 9.17) is 4.42 Å². The first-order valence-electron chi connectivity index (χ1n) is 6.10. The van der Waals surface area contributed by atoms with Crippen LogP contribution in [0.15, 0.2) is 47.1 Å². The lowest BCUT2D eigenvalue weighted by atomic mass is 10.1. The Morgan fingerprint density at radius 2 is 1.68 bits per heavy atom. The smallest absolute Gasteiger partial charge is 0.169 e. The molecular weight excluding hydrogens is 349 g/mol. The van der Waals surface area contributed by atoms with Crippen LogP contribution in [-0.2, 0) is 7.05 Å². The van der Waals surface area contributed by atoms with Gasteiger partial charge in [-0.3, -0.25) is 0 Å². The second kappa shape index (κ2) is 5.33. The van der Waals surface area contributed by atoms with Crippen LogP contribution in [0.1, 0.15) is 11.1 Å². The lowest BCUT2D eigenvalue weighted by Crippen LogP contribution is -3.00. The Morgan fingerprint density at radius 1 is 1.00 bits per heavy atom.